The Hall–Kier alpha value is -2.85. The Bertz CT molecular complexity index is 834. The molecule has 1 aromatic heterocycles. The highest BCUT2D eigenvalue weighted by Gasteiger charge is 2.26. The highest BCUT2D eigenvalue weighted by Crippen LogP contribution is 2.31. The second kappa shape index (κ2) is 9.57. The van der Waals surface area contributed by atoms with Gasteiger partial charge in [0.15, 0.2) is 11.5 Å². The normalized spacial score (nSPS) is 14.6. The minimum atomic E-state index is -0.439. The first kappa shape index (κ1) is 20.9. The SMILES string of the molecule is COc1ccc(CN(CCN2CCOCC2)c2c([N+](=O)[O-])ncn2C)cc1OC. The van der Waals surface area contributed by atoms with Crippen molar-refractivity contribution in [2.24, 2.45) is 7.05 Å². The third-order valence-corrected chi connectivity index (χ3v) is 4.97. The fourth-order valence-corrected chi connectivity index (χ4v) is 3.45. The van der Waals surface area contributed by atoms with Crippen LogP contribution in [0.4, 0.5) is 11.6 Å². The van der Waals surface area contributed by atoms with Gasteiger partial charge in [-0.2, -0.15) is 0 Å². The molecule has 0 saturated carbocycles. The standard InChI is InChI=1S/C19H27N5O5/c1-21-14-20-18(24(25)26)19(21)23(7-6-22-8-10-29-11-9-22)13-15-4-5-16(27-2)17(12-15)28-3/h4-5,12,14H,6-11,13H2,1-3H3. The third kappa shape index (κ3) is 4.96. The summed E-state index contributed by atoms with van der Waals surface area (Å²) in [5, 5.41) is 11.5. The van der Waals surface area contributed by atoms with Gasteiger partial charge in [0.25, 0.3) is 0 Å². The van der Waals surface area contributed by atoms with E-state index in [-0.39, 0.29) is 5.82 Å². The van der Waals surface area contributed by atoms with E-state index in [0.29, 0.717) is 43.6 Å². The van der Waals surface area contributed by atoms with Crippen LogP contribution in [0, 0.1) is 10.1 Å². The molecule has 1 fully saturated rings. The summed E-state index contributed by atoms with van der Waals surface area (Å²) in [4.78, 5) is 19.3. The predicted octanol–water partition coefficient (Wildman–Crippen LogP) is 1.68. The molecule has 3 rings (SSSR count). The van der Waals surface area contributed by atoms with Crippen LogP contribution in [-0.4, -0.2) is 73.0 Å². The molecule has 10 heteroatoms. The number of hydrogen-bond donors (Lipinski definition) is 0. The summed E-state index contributed by atoms with van der Waals surface area (Å²) in [6.45, 7) is 5.01. The van der Waals surface area contributed by atoms with Gasteiger partial charge in [-0.1, -0.05) is 6.07 Å². The van der Waals surface area contributed by atoms with Crippen LogP contribution in [-0.2, 0) is 18.3 Å². The number of imidazole rings is 1. The zero-order valence-electron chi connectivity index (χ0n) is 17.0. The number of nitro groups is 1. The van der Waals surface area contributed by atoms with Crippen molar-refractivity contribution in [3.63, 3.8) is 0 Å². The van der Waals surface area contributed by atoms with Crippen LogP contribution in [0.2, 0.25) is 0 Å². The number of ether oxygens (including phenoxy) is 3. The van der Waals surface area contributed by atoms with Crippen molar-refractivity contribution in [3.8, 4) is 11.5 Å². The molecule has 158 valence electrons. The maximum absolute atomic E-state index is 11.5. The molecule has 0 amide bonds. The van der Waals surface area contributed by atoms with Crippen molar-refractivity contribution in [2.45, 2.75) is 6.54 Å². The number of benzene rings is 1. The Morgan fingerprint density at radius 3 is 2.62 bits per heavy atom. The molecule has 2 heterocycles. The van der Waals surface area contributed by atoms with Crippen molar-refractivity contribution in [3.05, 3.63) is 40.2 Å². The molecule has 1 aliphatic heterocycles. The molecule has 1 saturated heterocycles. The number of hydrogen-bond acceptors (Lipinski definition) is 8. The van der Waals surface area contributed by atoms with E-state index in [2.05, 4.69) is 9.88 Å². The van der Waals surface area contributed by atoms with Gasteiger partial charge in [0.05, 0.1) is 27.4 Å². The molecule has 0 atom stereocenters. The van der Waals surface area contributed by atoms with E-state index in [0.717, 1.165) is 25.2 Å². The summed E-state index contributed by atoms with van der Waals surface area (Å²) < 4.78 is 17.8. The average Bonchev–Trinajstić information content (AvgIpc) is 3.13. The molecule has 10 nitrogen and oxygen atoms in total. The highest BCUT2D eigenvalue weighted by molar-refractivity contribution is 5.55. The summed E-state index contributed by atoms with van der Waals surface area (Å²) in [7, 11) is 4.95. The first-order valence-electron chi connectivity index (χ1n) is 9.45. The highest BCUT2D eigenvalue weighted by atomic mass is 16.6. The Kier molecular flexibility index (Phi) is 6.89. The summed E-state index contributed by atoms with van der Waals surface area (Å²) in [5.74, 6) is 1.60. The number of rotatable bonds is 9. The molecule has 2 aromatic rings. The van der Waals surface area contributed by atoms with Crippen molar-refractivity contribution >= 4 is 11.6 Å². The summed E-state index contributed by atoms with van der Waals surface area (Å²) in [6.07, 6.45) is 1.48. The van der Waals surface area contributed by atoms with Gasteiger partial charge < -0.3 is 29.2 Å². The Labute approximate surface area is 169 Å². The van der Waals surface area contributed by atoms with Gasteiger partial charge in [0, 0.05) is 39.8 Å². The lowest BCUT2D eigenvalue weighted by atomic mass is 10.2. The van der Waals surface area contributed by atoms with Gasteiger partial charge in [-0.15, -0.1) is 0 Å². The fraction of sp³-hybridized carbons (Fsp3) is 0.526. The minimum absolute atomic E-state index is 0.144. The minimum Gasteiger partial charge on any atom is -0.493 e. The summed E-state index contributed by atoms with van der Waals surface area (Å²) in [5.41, 5.74) is 0.958. The number of aromatic nitrogens is 2. The first-order valence-corrected chi connectivity index (χ1v) is 9.45. The number of morpholine rings is 1. The molecule has 0 bridgehead atoms. The van der Waals surface area contributed by atoms with Gasteiger partial charge >= 0.3 is 5.82 Å². The second-order valence-electron chi connectivity index (χ2n) is 6.82. The van der Waals surface area contributed by atoms with Gasteiger partial charge in [0.2, 0.25) is 12.1 Å². The monoisotopic (exact) mass is 405 g/mol. The molecule has 29 heavy (non-hydrogen) atoms. The number of nitrogens with zero attached hydrogens (tertiary/aromatic N) is 5. The van der Waals surface area contributed by atoms with Crippen molar-refractivity contribution in [2.75, 3.05) is 58.5 Å². The van der Waals surface area contributed by atoms with Crippen LogP contribution in [0.3, 0.4) is 0 Å². The predicted molar refractivity (Wildman–Crippen MR) is 108 cm³/mol. The van der Waals surface area contributed by atoms with Crippen LogP contribution in [0.1, 0.15) is 5.56 Å². The van der Waals surface area contributed by atoms with Gasteiger partial charge in [-0.25, -0.2) is 0 Å². The lowest BCUT2D eigenvalue weighted by Gasteiger charge is -2.30. The molecule has 0 aliphatic carbocycles. The van der Waals surface area contributed by atoms with Crippen LogP contribution in [0.25, 0.3) is 0 Å². The van der Waals surface area contributed by atoms with E-state index in [1.54, 1.807) is 25.8 Å². The molecule has 0 radical (unpaired) electrons. The van der Waals surface area contributed by atoms with Gasteiger partial charge in [-0.05, 0) is 27.6 Å². The molecule has 0 spiro atoms. The fourth-order valence-electron chi connectivity index (χ4n) is 3.45. The average molecular weight is 405 g/mol. The lowest BCUT2D eigenvalue weighted by molar-refractivity contribution is -0.388. The summed E-state index contributed by atoms with van der Waals surface area (Å²) >= 11 is 0. The maximum atomic E-state index is 11.5. The zero-order chi connectivity index (χ0) is 20.8. The largest absolute Gasteiger partial charge is 0.493 e. The third-order valence-electron chi connectivity index (χ3n) is 4.97. The number of aryl methyl sites for hydroxylation is 1. The molecule has 1 aliphatic rings. The van der Waals surface area contributed by atoms with E-state index < -0.39 is 4.92 Å². The Morgan fingerprint density at radius 2 is 1.97 bits per heavy atom. The topological polar surface area (TPSA) is 95.1 Å². The van der Waals surface area contributed by atoms with Gasteiger partial charge in [-0.3, -0.25) is 9.47 Å². The smallest absolute Gasteiger partial charge is 0.406 e. The van der Waals surface area contributed by atoms with E-state index in [1.807, 2.05) is 23.1 Å². The first-order chi connectivity index (χ1) is 14.0. The van der Waals surface area contributed by atoms with E-state index in [4.69, 9.17) is 14.2 Å². The molecule has 0 unspecified atom stereocenters. The maximum Gasteiger partial charge on any atom is 0.406 e. The van der Waals surface area contributed by atoms with Crippen LogP contribution < -0.4 is 14.4 Å². The molecule has 1 aromatic carbocycles. The number of methoxy groups -OCH3 is 2. The van der Waals surface area contributed by atoms with Crippen molar-refractivity contribution < 1.29 is 19.1 Å². The van der Waals surface area contributed by atoms with E-state index in [9.17, 15) is 10.1 Å². The van der Waals surface area contributed by atoms with E-state index >= 15 is 0 Å². The van der Waals surface area contributed by atoms with Crippen LogP contribution in [0.15, 0.2) is 24.5 Å². The molecule has 0 N–H and O–H groups in total. The van der Waals surface area contributed by atoms with Crippen molar-refractivity contribution in [1.29, 1.82) is 0 Å². The number of anilines is 1. The quantitative estimate of drug-likeness (QED) is 0.459. The zero-order valence-corrected chi connectivity index (χ0v) is 17.0. The Morgan fingerprint density at radius 1 is 1.24 bits per heavy atom. The van der Waals surface area contributed by atoms with Crippen LogP contribution >= 0.6 is 0 Å². The second-order valence-corrected chi connectivity index (χ2v) is 6.82. The summed E-state index contributed by atoms with van der Waals surface area (Å²) in [6, 6.07) is 5.67. The van der Waals surface area contributed by atoms with Crippen molar-refractivity contribution in [1.82, 2.24) is 14.5 Å². The van der Waals surface area contributed by atoms with E-state index in [1.165, 1.54) is 6.33 Å². The molecular formula is C19H27N5O5. The Balaban J connectivity index is 1.86. The molecular weight excluding hydrogens is 378 g/mol. The van der Waals surface area contributed by atoms with Crippen LogP contribution in [0.5, 0.6) is 11.5 Å². The lowest BCUT2D eigenvalue weighted by Crippen LogP contribution is -2.41. The van der Waals surface area contributed by atoms with Gasteiger partial charge in [0.1, 0.15) is 0 Å².